The summed E-state index contributed by atoms with van der Waals surface area (Å²) in [5.74, 6) is 2.05. The molecule has 3 aromatic rings. The molecule has 0 fully saturated rings. The largest absolute Gasteiger partial charge is 0.496 e. The molecular weight excluding hydrogens is 370 g/mol. The number of ether oxygens (including phenoxy) is 3. The highest BCUT2D eigenvalue weighted by molar-refractivity contribution is 5.91. The predicted molar refractivity (Wildman–Crippen MR) is 112 cm³/mol. The van der Waals surface area contributed by atoms with E-state index in [0.717, 1.165) is 17.0 Å². The molecule has 0 bridgehead atoms. The quantitative estimate of drug-likeness (QED) is 0.577. The van der Waals surface area contributed by atoms with Gasteiger partial charge in [0.2, 0.25) is 0 Å². The first-order valence-electron chi connectivity index (χ1n) is 9.07. The molecule has 2 N–H and O–H groups in total. The lowest BCUT2D eigenvalue weighted by Crippen LogP contribution is -2.20. The van der Waals surface area contributed by atoms with Crippen LogP contribution in [0.3, 0.4) is 0 Å². The van der Waals surface area contributed by atoms with Crippen molar-refractivity contribution in [2.75, 3.05) is 31.5 Å². The highest BCUT2D eigenvalue weighted by Gasteiger charge is 2.08. The number of methoxy groups -OCH3 is 2. The van der Waals surface area contributed by atoms with Gasteiger partial charge in [0.25, 0.3) is 5.91 Å². The molecular formula is C22H23N3O4. The number of carbonyl (C=O) groups excluding carboxylic acids is 1. The summed E-state index contributed by atoms with van der Waals surface area (Å²) in [4.78, 5) is 16.4. The maximum atomic E-state index is 12.1. The number of nitrogens with zero attached hydrogens (tertiary/aromatic N) is 1. The first-order valence-corrected chi connectivity index (χ1v) is 9.07. The summed E-state index contributed by atoms with van der Waals surface area (Å²) < 4.78 is 16.0. The third kappa shape index (κ3) is 5.62. The van der Waals surface area contributed by atoms with Crippen LogP contribution in [0, 0.1) is 0 Å². The Bertz CT molecular complexity index is 945. The van der Waals surface area contributed by atoms with Gasteiger partial charge in [-0.15, -0.1) is 0 Å². The monoisotopic (exact) mass is 393 g/mol. The van der Waals surface area contributed by atoms with Crippen molar-refractivity contribution in [3.8, 4) is 17.2 Å². The number of para-hydroxylation sites is 3. The second-order valence-electron chi connectivity index (χ2n) is 6.09. The number of carbonyl (C=O) groups is 1. The molecule has 0 atom stereocenters. The topological polar surface area (TPSA) is 81.7 Å². The minimum absolute atomic E-state index is 0.143. The SMILES string of the molecule is COc1ccccc1CNc1ccc(NC(=O)COc2ccccc2OC)nc1. The van der Waals surface area contributed by atoms with E-state index in [1.54, 1.807) is 38.6 Å². The fourth-order valence-electron chi connectivity index (χ4n) is 2.68. The fraction of sp³-hybridized carbons (Fsp3) is 0.182. The molecule has 0 aliphatic heterocycles. The van der Waals surface area contributed by atoms with Gasteiger partial charge in [0, 0.05) is 12.1 Å². The predicted octanol–water partition coefficient (Wildman–Crippen LogP) is 3.73. The Hall–Kier alpha value is -3.74. The Morgan fingerprint density at radius 2 is 1.59 bits per heavy atom. The summed E-state index contributed by atoms with van der Waals surface area (Å²) in [6, 6.07) is 18.5. The maximum absolute atomic E-state index is 12.1. The highest BCUT2D eigenvalue weighted by atomic mass is 16.5. The van der Waals surface area contributed by atoms with Gasteiger partial charge < -0.3 is 24.8 Å². The molecule has 0 saturated carbocycles. The second-order valence-corrected chi connectivity index (χ2v) is 6.09. The Labute approximate surface area is 169 Å². The summed E-state index contributed by atoms with van der Waals surface area (Å²) in [7, 11) is 3.20. The van der Waals surface area contributed by atoms with Crippen LogP contribution in [-0.2, 0) is 11.3 Å². The standard InChI is InChI=1S/C22H23N3O4/c1-27-18-8-4-3-7-16(18)13-23-17-11-12-21(24-14-17)25-22(26)15-29-20-10-6-5-9-19(20)28-2/h3-12,14,23H,13,15H2,1-2H3,(H,24,25,26). The fourth-order valence-corrected chi connectivity index (χ4v) is 2.68. The molecule has 0 unspecified atom stereocenters. The Balaban J connectivity index is 1.50. The van der Waals surface area contributed by atoms with Crippen LogP contribution >= 0.6 is 0 Å². The lowest BCUT2D eigenvalue weighted by molar-refractivity contribution is -0.118. The van der Waals surface area contributed by atoms with Crippen molar-refractivity contribution in [1.82, 2.24) is 4.98 Å². The molecule has 3 rings (SSSR count). The molecule has 7 nitrogen and oxygen atoms in total. The smallest absolute Gasteiger partial charge is 0.263 e. The van der Waals surface area contributed by atoms with E-state index in [1.165, 1.54) is 0 Å². The van der Waals surface area contributed by atoms with Gasteiger partial charge in [0.15, 0.2) is 18.1 Å². The number of amides is 1. The van der Waals surface area contributed by atoms with Crippen LogP contribution in [0.5, 0.6) is 17.2 Å². The van der Waals surface area contributed by atoms with E-state index in [4.69, 9.17) is 14.2 Å². The summed E-state index contributed by atoms with van der Waals surface area (Å²) in [6.07, 6.45) is 1.66. The molecule has 2 aromatic carbocycles. The minimum Gasteiger partial charge on any atom is -0.496 e. The van der Waals surface area contributed by atoms with Crippen molar-refractivity contribution in [1.29, 1.82) is 0 Å². The highest BCUT2D eigenvalue weighted by Crippen LogP contribution is 2.25. The molecule has 1 heterocycles. The zero-order valence-electron chi connectivity index (χ0n) is 16.3. The third-order valence-electron chi connectivity index (χ3n) is 4.13. The summed E-state index contributed by atoms with van der Waals surface area (Å²) in [6.45, 7) is 0.458. The Kier molecular flexibility index (Phi) is 6.89. The van der Waals surface area contributed by atoms with E-state index in [2.05, 4.69) is 15.6 Å². The van der Waals surface area contributed by atoms with E-state index in [-0.39, 0.29) is 12.5 Å². The van der Waals surface area contributed by atoms with Crippen LogP contribution in [0.15, 0.2) is 66.9 Å². The van der Waals surface area contributed by atoms with Crippen LogP contribution in [0.25, 0.3) is 0 Å². The minimum atomic E-state index is -0.307. The summed E-state index contributed by atoms with van der Waals surface area (Å²) in [5.41, 5.74) is 1.88. The van der Waals surface area contributed by atoms with E-state index < -0.39 is 0 Å². The Morgan fingerprint density at radius 1 is 0.897 bits per heavy atom. The molecule has 29 heavy (non-hydrogen) atoms. The summed E-state index contributed by atoms with van der Waals surface area (Å²) in [5, 5.41) is 5.99. The van der Waals surface area contributed by atoms with Crippen molar-refractivity contribution in [2.24, 2.45) is 0 Å². The normalized spacial score (nSPS) is 10.1. The van der Waals surface area contributed by atoms with Gasteiger partial charge >= 0.3 is 0 Å². The first kappa shape index (κ1) is 20.0. The van der Waals surface area contributed by atoms with Gasteiger partial charge in [-0.05, 0) is 30.3 Å². The van der Waals surface area contributed by atoms with Gasteiger partial charge in [-0.25, -0.2) is 4.98 Å². The van der Waals surface area contributed by atoms with Crippen molar-refractivity contribution in [3.63, 3.8) is 0 Å². The number of nitrogens with one attached hydrogen (secondary N) is 2. The zero-order chi connectivity index (χ0) is 20.5. The van der Waals surface area contributed by atoms with E-state index in [1.807, 2.05) is 42.5 Å². The third-order valence-corrected chi connectivity index (χ3v) is 4.13. The number of aromatic nitrogens is 1. The molecule has 7 heteroatoms. The second kappa shape index (κ2) is 9.98. The van der Waals surface area contributed by atoms with E-state index >= 15 is 0 Å². The van der Waals surface area contributed by atoms with Crippen LogP contribution in [-0.4, -0.2) is 31.7 Å². The number of hydrogen-bond donors (Lipinski definition) is 2. The maximum Gasteiger partial charge on any atom is 0.263 e. The number of pyridine rings is 1. The lowest BCUT2D eigenvalue weighted by atomic mass is 10.2. The van der Waals surface area contributed by atoms with Crippen LogP contribution in [0.4, 0.5) is 11.5 Å². The van der Waals surface area contributed by atoms with Gasteiger partial charge in [-0.3, -0.25) is 4.79 Å². The van der Waals surface area contributed by atoms with Crippen molar-refractivity contribution < 1.29 is 19.0 Å². The van der Waals surface area contributed by atoms with E-state index in [9.17, 15) is 4.79 Å². The molecule has 0 radical (unpaired) electrons. The van der Waals surface area contributed by atoms with Gasteiger partial charge in [0.05, 0.1) is 26.1 Å². The number of anilines is 2. The average Bonchev–Trinajstić information content (AvgIpc) is 2.77. The molecule has 0 aliphatic rings. The molecule has 1 aromatic heterocycles. The molecule has 1 amide bonds. The van der Waals surface area contributed by atoms with Crippen molar-refractivity contribution >= 4 is 17.4 Å². The molecule has 0 spiro atoms. The molecule has 150 valence electrons. The van der Waals surface area contributed by atoms with Crippen LogP contribution < -0.4 is 24.8 Å². The number of benzene rings is 2. The number of hydrogen-bond acceptors (Lipinski definition) is 6. The molecule has 0 aliphatic carbocycles. The lowest BCUT2D eigenvalue weighted by Gasteiger charge is -2.11. The average molecular weight is 393 g/mol. The van der Waals surface area contributed by atoms with Crippen molar-refractivity contribution in [2.45, 2.75) is 6.54 Å². The van der Waals surface area contributed by atoms with E-state index in [0.29, 0.717) is 23.9 Å². The molecule has 0 saturated heterocycles. The number of rotatable bonds is 9. The zero-order valence-corrected chi connectivity index (χ0v) is 16.3. The van der Waals surface area contributed by atoms with Gasteiger partial charge in [-0.1, -0.05) is 30.3 Å². The first-order chi connectivity index (χ1) is 14.2. The van der Waals surface area contributed by atoms with Gasteiger partial charge in [0.1, 0.15) is 11.6 Å². The summed E-state index contributed by atoms with van der Waals surface area (Å²) >= 11 is 0. The van der Waals surface area contributed by atoms with Crippen LogP contribution in [0.1, 0.15) is 5.56 Å². The van der Waals surface area contributed by atoms with Gasteiger partial charge in [-0.2, -0.15) is 0 Å². The Morgan fingerprint density at radius 3 is 2.28 bits per heavy atom. The van der Waals surface area contributed by atoms with Crippen molar-refractivity contribution in [3.05, 3.63) is 72.4 Å². The van der Waals surface area contributed by atoms with Crippen LogP contribution in [0.2, 0.25) is 0 Å².